The first-order valence-electron chi connectivity index (χ1n) is 7.84. The van der Waals surface area contributed by atoms with Crippen molar-refractivity contribution in [3.8, 4) is 0 Å². The highest BCUT2D eigenvalue weighted by atomic mass is 16.2. The Morgan fingerprint density at radius 2 is 2.04 bits per heavy atom. The van der Waals surface area contributed by atoms with Crippen LogP contribution in [0.15, 0.2) is 30.3 Å². The summed E-state index contributed by atoms with van der Waals surface area (Å²) in [5.74, 6) is 0. The highest BCUT2D eigenvalue weighted by Gasteiger charge is 2.26. The van der Waals surface area contributed by atoms with Gasteiger partial charge in [-0.3, -0.25) is 4.68 Å². The third-order valence-corrected chi connectivity index (χ3v) is 4.11. The van der Waals surface area contributed by atoms with E-state index in [2.05, 4.69) is 15.3 Å². The maximum Gasteiger partial charge on any atom is 0.322 e. The number of para-hydroxylation sites is 1. The molecule has 0 saturated heterocycles. The van der Waals surface area contributed by atoms with Crippen molar-refractivity contribution in [2.24, 2.45) is 7.05 Å². The Labute approximate surface area is 136 Å². The summed E-state index contributed by atoms with van der Waals surface area (Å²) in [4.78, 5) is 16.4. The minimum absolute atomic E-state index is 0.0581. The average molecular weight is 313 g/mol. The zero-order valence-corrected chi connectivity index (χ0v) is 13.9. The maximum absolute atomic E-state index is 12.5. The molecule has 2 heterocycles. The number of aromatic nitrogens is 2. The number of carbonyl (C=O) groups is 1. The van der Waals surface area contributed by atoms with E-state index in [1.54, 1.807) is 0 Å². The number of nitrogens with zero attached hydrogens (tertiary/aromatic N) is 4. The second-order valence-electron chi connectivity index (χ2n) is 6.20. The molecule has 0 aliphatic carbocycles. The number of aryl methyl sites for hydroxylation is 1. The van der Waals surface area contributed by atoms with Crippen LogP contribution in [0.4, 0.5) is 10.5 Å². The summed E-state index contributed by atoms with van der Waals surface area (Å²) in [5.41, 5.74) is 4.37. The molecule has 1 aliphatic rings. The van der Waals surface area contributed by atoms with Crippen molar-refractivity contribution in [3.63, 3.8) is 0 Å². The van der Waals surface area contributed by atoms with Gasteiger partial charge in [-0.05, 0) is 32.6 Å². The van der Waals surface area contributed by atoms with Crippen LogP contribution in [0.2, 0.25) is 0 Å². The van der Waals surface area contributed by atoms with Crippen molar-refractivity contribution >= 4 is 11.7 Å². The number of rotatable bonds is 3. The minimum atomic E-state index is -0.0581. The summed E-state index contributed by atoms with van der Waals surface area (Å²) < 4.78 is 1.91. The van der Waals surface area contributed by atoms with Crippen LogP contribution < -0.4 is 5.32 Å². The predicted molar refractivity (Wildman–Crippen MR) is 90.2 cm³/mol. The smallest absolute Gasteiger partial charge is 0.318 e. The van der Waals surface area contributed by atoms with Crippen LogP contribution in [-0.2, 0) is 26.6 Å². The lowest BCUT2D eigenvalue weighted by Crippen LogP contribution is -2.39. The molecular formula is C17H23N5O. The Hall–Kier alpha value is -2.34. The summed E-state index contributed by atoms with van der Waals surface area (Å²) in [6, 6.07) is 9.50. The monoisotopic (exact) mass is 313 g/mol. The summed E-state index contributed by atoms with van der Waals surface area (Å²) in [5, 5.41) is 7.58. The molecule has 1 N–H and O–H groups in total. The Morgan fingerprint density at radius 1 is 1.30 bits per heavy atom. The van der Waals surface area contributed by atoms with Gasteiger partial charge in [0, 0.05) is 31.4 Å². The second kappa shape index (κ2) is 6.42. The third kappa shape index (κ3) is 3.37. The lowest BCUT2D eigenvalue weighted by Gasteiger charge is -2.28. The quantitative estimate of drug-likeness (QED) is 0.944. The molecule has 0 saturated carbocycles. The molecule has 6 nitrogen and oxygen atoms in total. The van der Waals surface area contributed by atoms with Gasteiger partial charge in [0.2, 0.25) is 0 Å². The number of hydrogen-bond donors (Lipinski definition) is 1. The van der Waals surface area contributed by atoms with Crippen LogP contribution in [0.1, 0.15) is 17.0 Å². The first-order chi connectivity index (χ1) is 11.0. The molecule has 2 amide bonds. The summed E-state index contributed by atoms with van der Waals surface area (Å²) >= 11 is 0. The first kappa shape index (κ1) is 15.6. The van der Waals surface area contributed by atoms with Gasteiger partial charge in [0.25, 0.3) is 0 Å². The van der Waals surface area contributed by atoms with Gasteiger partial charge in [0.15, 0.2) is 0 Å². The summed E-state index contributed by atoms with van der Waals surface area (Å²) in [6.45, 7) is 2.15. The molecule has 3 rings (SSSR count). The largest absolute Gasteiger partial charge is 0.322 e. The van der Waals surface area contributed by atoms with Gasteiger partial charge in [-0.1, -0.05) is 18.2 Å². The fraction of sp³-hybridized carbons (Fsp3) is 0.412. The predicted octanol–water partition coefficient (Wildman–Crippen LogP) is 2.07. The summed E-state index contributed by atoms with van der Waals surface area (Å²) in [7, 11) is 6.05. The summed E-state index contributed by atoms with van der Waals surface area (Å²) in [6.07, 6.45) is 0.856. The van der Waals surface area contributed by atoms with E-state index in [1.807, 2.05) is 61.1 Å². The minimum Gasteiger partial charge on any atom is -0.318 e. The standard InChI is InChI=1S/C17H23N5O/c1-20(2)11-15-14-9-10-22(12-16(14)21(3)19-15)17(23)18-13-7-5-4-6-8-13/h4-8H,9-12H2,1-3H3,(H,18,23). The SMILES string of the molecule is CN(C)Cc1nn(C)c2c1CCN(C(=O)Nc1ccccc1)C2. The zero-order chi connectivity index (χ0) is 16.4. The normalized spacial score (nSPS) is 14.0. The van der Waals surface area contributed by atoms with Gasteiger partial charge < -0.3 is 15.1 Å². The topological polar surface area (TPSA) is 53.4 Å². The van der Waals surface area contributed by atoms with Gasteiger partial charge in [-0.2, -0.15) is 5.10 Å². The van der Waals surface area contributed by atoms with Crippen LogP contribution in [0, 0.1) is 0 Å². The fourth-order valence-corrected chi connectivity index (χ4v) is 2.98. The molecule has 2 aromatic rings. The van der Waals surface area contributed by atoms with Crippen molar-refractivity contribution in [3.05, 3.63) is 47.3 Å². The van der Waals surface area contributed by atoms with Crippen LogP contribution in [0.3, 0.4) is 0 Å². The van der Waals surface area contributed by atoms with E-state index < -0.39 is 0 Å². The molecule has 122 valence electrons. The maximum atomic E-state index is 12.5. The zero-order valence-electron chi connectivity index (χ0n) is 13.9. The van der Waals surface area contributed by atoms with Crippen molar-refractivity contribution in [2.45, 2.75) is 19.5 Å². The first-order valence-corrected chi connectivity index (χ1v) is 7.84. The molecule has 1 aromatic carbocycles. The van der Waals surface area contributed by atoms with E-state index in [4.69, 9.17) is 0 Å². The number of urea groups is 1. The number of carbonyl (C=O) groups excluding carboxylic acids is 1. The molecular weight excluding hydrogens is 290 g/mol. The van der Waals surface area contributed by atoms with Crippen molar-refractivity contribution in [1.29, 1.82) is 0 Å². The Morgan fingerprint density at radius 3 is 2.74 bits per heavy atom. The third-order valence-electron chi connectivity index (χ3n) is 4.11. The second-order valence-corrected chi connectivity index (χ2v) is 6.20. The molecule has 0 atom stereocenters. The number of benzene rings is 1. The Kier molecular flexibility index (Phi) is 4.34. The average Bonchev–Trinajstić information content (AvgIpc) is 2.83. The van der Waals surface area contributed by atoms with Gasteiger partial charge in [-0.15, -0.1) is 0 Å². The van der Waals surface area contributed by atoms with Crippen LogP contribution in [0.5, 0.6) is 0 Å². The molecule has 0 spiro atoms. The number of fused-ring (bicyclic) bond motifs is 1. The van der Waals surface area contributed by atoms with Crippen molar-refractivity contribution in [2.75, 3.05) is 26.0 Å². The van der Waals surface area contributed by atoms with E-state index >= 15 is 0 Å². The lowest BCUT2D eigenvalue weighted by atomic mass is 10.0. The molecule has 0 radical (unpaired) electrons. The van der Waals surface area contributed by atoms with Crippen LogP contribution in [-0.4, -0.2) is 46.3 Å². The molecule has 0 fully saturated rings. The lowest BCUT2D eigenvalue weighted by molar-refractivity contribution is 0.204. The van der Waals surface area contributed by atoms with E-state index in [-0.39, 0.29) is 6.03 Å². The molecule has 1 aliphatic heterocycles. The number of anilines is 1. The molecule has 6 heteroatoms. The van der Waals surface area contributed by atoms with E-state index in [1.165, 1.54) is 5.56 Å². The van der Waals surface area contributed by atoms with Gasteiger partial charge in [0.05, 0.1) is 17.9 Å². The van der Waals surface area contributed by atoms with E-state index in [0.29, 0.717) is 6.54 Å². The van der Waals surface area contributed by atoms with Gasteiger partial charge in [0.1, 0.15) is 0 Å². The van der Waals surface area contributed by atoms with Crippen molar-refractivity contribution in [1.82, 2.24) is 19.6 Å². The molecule has 23 heavy (non-hydrogen) atoms. The number of hydrogen-bond acceptors (Lipinski definition) is 3. The van der Waals surface area contributed by atoms with Crippen LogP contribution in [0.25, 0.3) is 0 Å². The van der Waals surface area contributed by atoms with E-state index in [0.717, 1.165) is 36.6 Å². The molecule has 0 unspecified atom stereocenters. The van der Waals surface area contributed by atoms with Crippen molar-refractivity contribution < 1.29 is 4.79 Å². The highest BCUT2D eigenvalue weighted by Crippen LogP contribution is 2.23. The van der Waals surface area contributed by atoms with Gasteiger partial charge in [-0.25, -0.2) is 4.79 Å². The Balaban J connectivity index is 1.73. The van der Waals surface area contributed by atoms with Gasteiger partial charge >= 0.3 is 6.03 Å². The molecule has 1 aromatic heterocycles. The highest BCUT2D eigenvalue weighted by molar-refractivity contribution is 5.89. The number of nitrogens with one attached hydrogen (secondary N) is 1. The Bertz CT molecular complexity index is 693. The van der Waals surface area contributed by atoms with Crippen LogP contribution >= 0.6 is 0 Å². The molecule has 0 bridgehead atoms. The number of amides is 2. The fourth-order valence-electron chi connectivity index (χ4n) is 2.98. The van der Waals surface area contributed by atoms with E-state index in [9.17, 15) is 4.79 Å².